The fourth-order valence-electron chi connectivity index (χ4n) is 2.36. The van der Waals surface area contributed by atoms with Gasteiger partial charge in [-0.25, -0.2) is 0 Å². The smallest absolute Gasteiger partial charge is 0.0957 e. The Morgan fingerprint density at radius 3 is 2.74 bits per heavy atom. The van der Waals surface area contributed by atoms with E-state index in [9.17, 15) is 0 Å². The van der Waals surface area contributed by atoms with Gasteiger partial charge in [0.1, 0.15) is 0 Å². The summed E-state index contributed by atoms with van der Waals surface area (Å²) in [7, 11) is 0. The van der Waals surface area contributed by atoms with Gasteiger partial charge in [-0.15, -0.1) is 11.3 Å². The van der Waals surface area contributed by atoms with Crippen molar-refractivity contribution in [3.63, 3.8) is 0 Å². The van der Waals surface area contributed by atoms with Gasteiger partial charge in [0, 0.05) is 16.6 Å². The molecule has 2 aromatic heterocycles. The van der Waals surface area contributed by atoms with Crippen LogP contribution in [0.2, 0.25) is 0 Å². The van der Waals surface area contributed by atoms with Crippen LogP contribution >= 0.6 is 11.3 Å². The molecule has 2 rings (SSSR count). The van der Waals surface area contributed by atoms with E-state index in [1.165, 1.54) is 36.1 Å². The van der Waals surface area contributed by atoms with Crippen LogP contribution in [-0.4, -0.2) is 4.98 Å². The largest absolute Gasteiger partial charge is 0.390 e. The van der Waals surface area contributed by atoms with Crippen molar-refractivity contribution in [2.24, 2.45) is 0 Å². The Balaban J connectivity index is 2.16. The van der Waals surface area contributed by atoms with Crippen molar-refractivity contribution in [3.8, 4) is 11.3 Å². The molecule has 0 unspecified atom stereocenters. The highest BCUT2D eigenvalue weighted by molar-refractivity contribution is 7.16. The van der Waals surface area contributed by atoms with E-state index in [-0.39, 0.29) is 0 Å². The van der Waals surface area contributed by atoms with Crippen LogP contribution in [0.1, 0.15) is 43.0 Å². The van der Waals surface area contributed by atoms with Gasteiger partial charge in [-0.3, -0.25) is 4.98 Å². The monoisotopic (exact) mass is 274 g/mol. The first kappa shape index (κ1) is 14.1. The molecule has 0 fully saturated rings. The van der Waals surface area contributed by atoms with Crippen molar-refractivity contribution in [3.05, 3.63) is 34.8 Å². The predicted molar refractivity (Wildman–Crippen MR) is 84.5 cm³/mol. The second-order valence-electron chi connectivity index (χ2n) is 4.92. The van der Waals surface area contributed by atoms with Crippen molar-refractivity contribution >= 4 is 16.3 Å². The quantitative estimate of drug-likeness (QED) is 0.767. The Kier molecular flexibility index (Phi) is 4.97. The summed E-state index contributed by atoms with van der Waals surface area (Å²) in [5.74, 6) is 0. The van der Waals surface area contributed by atoms with Gasteiger partial charge in [-0.05, 0) is 37.5 Å². The van der Waals surface area contributed by atoms with Crippen molar-refractivity contribution in [1.82, 2.24) is 4.98 Å². The summed E-state index contributed by atoms with van der Waals surface area (Å²) in [5, 5.41) is 0.904. The molecule has 0 saturated carbocycles. The molecule has 0 atom stereocenters. The Morgan fingerprint density at radius 1 is 1.21 bits per heavy atom. The maximum absolute atomic E-state index is 6.18. The molecule has 0 aliphatic carbocycles. The highest BCUT2D eigenvalue weighted by Crippen LogP contribution is 2.38. The van der Waals surface area contributed by atoms with Gasteiger partial charge >= 0.3 is 0 Å². The second-order valence-corrected chi connectivity index (χ2v) is 6.05. The minimum absolute atomic E-state index is 0.904. The molecule has 0 spiro atoms. The van der Waals surface area contributed by atoms with Crippen LogP contribution < -0.4 is 5.73 Å². The van der Waals surface area contributed by atoms with Crippen molar-refractivity contribution in [1.29, 1.82) is 0 Å². The number of rotatable bonds is 6. The topological polar surface area (TPSA) is 38.9 Å². The van der Waals surface area contributed by atoms with E-state index in [4.69, 9.17) is 5.73 Å². The molecule has 2 nitrogen and oxygen atoms in total. The number of nitrogen functional groups attached to an aromatic ring is 1. The van der Waals surface area contributed by atoms with E-state index in [0.29, 0.717) is 0 Å². The molecule has 0 amide bonds. The van der Waals surface area contributed by atoms with Gasteiger partial charge in [0.2, 0.25) is 0 Å². The number of unbranched alkanes of at least 4 members (excludes halogenated alkanes) is 3. The number of aromatic nitrogens is 1. The molecule has 0 aliphatic heterocycles. The first-order valence-electron chi connectivity index (χ1n) is 7.03. The average molecular weight is 274 g/mol. The molecule has 0 radical (unpaired) electrons. The maximum atomic E-state index is 6.18. The van der Waals surface area contributed by atoms with E-state index in [2.05, 4.69) is 18.8 Å². The lowest BCUT2D eigenvalue weighted by Crippen LogP contribution is -1.89. The summed E-state index contributed by atoms with van der Waals surface area (Å²) in [6.07, 6.45) is 8.15. The minimum atomic E-state index is 0.904. The number of nitrogens with zero attached hydrogens (tertiary/aromatic N) is 1. The van der Waals surface area contributed by atoms with Gasteiger partial charge in [0.05, 0.1) is 10.7 Å². The fourth-order valence-corrected chi connectivity index (χ4v) is 3.49. The second kappa shape index (κ2) is 6.71. The number of nitrogens with two attached hydrogens (primary N) is 1. The SMILES string of the molecule is CCCCCCc1sc(N)c(-c2ccccn2)c1C. The Hall–Kier alpha value is -1.35. The van der Waals surface area contributed by atoms with Crippen LogP contribution in [0.25, 0.3) is 11.3 Å². The third-order valence-corrected chi connectivity index (χ3v) is 4.63. The van der Waals surface area contributed by atoms with Gasteiger partial charge in [-0.1, -0.05) is 32.3 Å². The van der Waals surface area contributed by atoms with E-state index in [0.717, 1.165) is 22.7 Å². The lowest BCUT2D eigenvalue weighted by Gasteiger charge is -2.02. The maximum Gasteiger partial charge on any atom is 0.0957 e. The van der Waals surface area contributed by atoms with Crippen LogP contribution in [0.5, 0.6) is 0 Å². The van der Waals surface area contributed by atoms with E-state index >= 15 is 0 Å². The average Bonchev–Trinajstić information content (AvgIpc) is 2.71. The molecule has 0 aromatic carbocycles. The van der Waals surface area contributed by atoms with E-state index < -0.39 is 0 Å². The molecule has 102 valence electrons. The molecule has 0 bridgehead atoms. The number of hydrogen-bond acceptors (Lipinski definition) is 3. The zero-order valence-electron chi connectivity index (χ0n) is 11.8. The van der Waals surface area contributed by atoms with Crippen LogP contribution in [0.3, 0.4) is 0 Å². The van der Waals surface area contributed by atoms with Crippen molar-refractivity contribution in [2.75, 3.05) is 5.73 Å². The van der Waals surface area contributed by atoms with Crippen LogP contribution in [0.15, 0.2) is 24.4 Å². The third kappa shape index (κ3) is 3.35. The highest BCUT2D eigenvalue weighted by atomic mass is 32.1. The molecular weight excluding hydrogens is 252 g/mol. The van der Waals surface area contributed by atoms with Gasteiger partial charge in [0.15, 0.2) is 0 Å². The Labute approximate surface area is 119 Å². The van der Waals surface area contributed by atoms with E-state index in [1.807, 2.05) is 24.4 Å². The van der Waals surface area contributed by atoms with Crippen LogP contribution in [0, 0.1) is 6.92 Å². The minimum Gasteiger partial charge on any atom is -0.390 e. The lowest BCUT2D eigenvalue weighted by atomic mass is 10.0. The third-order valence-electron chi connectivity index (χ3n) is 3.45. The predicted octanol–water partition coefficient (Wildman–Crippen LogP) is 4.82. The Morgan fingerprint density at radius 2 is 2.05 bits per heavy atom. The molecule has 3 heteroatoms. The van der Waals surface area contributed by atoms with Crippen LogP contribution in [0.4, 0.5) is 5.00 Å². The molecule has 2 N–H and O–H groups in total. The van der Waals surface area contributed by atoms with Crippen molar-refractivity contribution in [2.45, 2.75) is 46.0 Å². The van der Waals surface area contributed by atoms with E-state index in [1.54, 1.807) is 11.3 Å². The summed E-state index contributed by atoms with van der Waals surface area (Å²) in [6.45, 7) is 4.42. The number of thiophene rings is 1. The number of anilines is 1. The van der Waals surface area contributed by atoms with Gasteiger partial charge in [0.25, 0.3) is 0 Å². The summed E-state index contributed by atoms with van der Waals surface area (Å²) >= 11 is 1.73. The molecule has 2 heterocycles. The van der Waals surface area contributed by atoms with Gasteiger partial charge in [-0.2, -0.15) is 0 Å². The summed E-state index contributed by atoms with van der Waals surface area (Å²) in [6, 6.07) is 5.99. The van der Waals surface area contributed by atoms with Crippen molar-refractivity contribution < 1.29 is 0 Å². The molecule has 2 aromatic rings. The van der Waals surface area contributed by atoms with Crippen LogP contribution in [-0.2, 0) is 6.42 Å². The van der Waals surface area contributed by atoms with Gasteiger partial charge < -0.3 is 5.73 Å². The normalized spacial score (nSPS) is 10.8. The zero-order chi connectivity index (χ0) is 13.7. The Bertz CT molecular complexity index is 517. The number of hydrogen-bond donors (Lipinski definition) is 1. The molecular formula is C16H22N2S. The molecule has 0 saturated heterocycles. The molecule has 0 aliphatic rings. The fraction of sp³-hybridized carbons (Fsp3) is 0.438. The zero-order valence-corrected chi connectivity index (χ0v) is 12.6. The lowest BCUT2D eigenvalue weighted by molar-refractivity contribution is 0.669. The number of aryl methyl sites for hydroxylation is 1. The first-order chi connectivity index (χ1) is 9.24. The standard InChI is InChI=1S/C16H22N2S/c1-3-4-5-6-10-14-12(2)15(16(17)19-14)13-9-7-8-11-18-13/h7-9,11H,3-6,10,17H2,1-2H3. The summed E-state index contributed by atoms with van der Waals surface area (Å²) in [4.78, 5) is 5.85. The summed E-state index contributed by atoms with van der Waals surface area (Å²) < 4.78 is 0. The first-order valence-corrected chi connectivity index (χ1v) is 7.84. The highest BCUT2D eigenvalue weighted by Gasteiger charge is 2.14. The number of pyridine rings is 1. The molecule has 19 heavy (non-hydrogen) atoms. The summed E-state index contributed by atoms with van der Waals surface area (Å²) in [5.41, 5.74) is 9.63.